The normalized spacial score (nSPS) is 16.7. The maximum atomic E-state index is 11.9. The van der Waals surface area contributed by atoms with Crippen LogP contribution in [0.5, 0.6) is 0 Å². The minimum atomic E-state index is -0.513. The van der Waals surface area contributed by atoms with Gasteiger partial charge in [-0.2, -0.15) is 0 Å². The van der Waals surface area contributed by atoms with Gasteiger partial charge in [-0.05, 0) is 24.7 Å². The summed E-state index contributed by atoms with van der Waals surface area (Å²) in [5.41, 5.74) is 6.81. The number of nitrogens with two attached hydrogens (primary N) is 1. The van der Waals surface area contributed by atoms with Gasteiger partial charge in [0.1, 0.15) is 0 Å². The van der Waals surface area contributed by atoms with Crippen molar-refractivity contribution >= 4 is 22.4 Å². The third-order valence-corrected chi connectivity index (χ3v) is 4.11. The fourth-order valence-corrected chi connectivity index (χ4v) is 2.87. The van der Waals surface area contributed by atoms with Crippen LogP contribution in [0.15, 0.2) is 0 Å². The number of aryl methyl sites for hydroxylation is 2. The van der Waals surface area contributed by atoms with Crippen LogP contribution >= 0.6 is 11.3 Å². The van der Waals surface area contributed by atoms with Gasteiger partial charge in [0, 0.05) is 4.88 Å². The van der Waals surface area contributed by atoms with Crippen molar-refractivity contribution in [3.8, 4) is 0 Å². The largest absolute Gasteiger partial charge is 0.319 e. The van der Waals surface area contributed by atoms with Gasteiger partial charge >= 0.3 is 0 Å². The highest BCUT2D eigenvalue weighted by molar-refractivity contribution is 7.15. The standard InChI is InChI=1S/C12H19N3OS/c1-12(2,3)9(13)10(16)15-11-14-7-5-4-6-8(7)17-11/h9H,4-6,13H2,1-3H3,(H,14,15,16)/t9-/m0/s1. The van der Waals surface area contributed by atoms with Gasteiger partial charge < -0.3 is 11.1 Å². The minimum absolute atomic E-state index is 0.148. The van der Waals surface area contributed by atoms with E-state index in [1.807, 2.05) is 20.8 Å². The fourth-order valence-electron chi connectivity index (χ4n) is 1.82. The molecule has 0 bridgehead atoms. The first-order valence-corrected chi connectivity index (χ1v) is 6.74. The quantitative estimate of drug-likeness (QED) is 0.846. The van der Waals surface area contributed by atoms with Crippen LogP contribution in [0.3, 0.4) is 0 Å². The van der Waals surface area contributed by atoms with Crippen LogP contribution in [0, 0.1) is 5.41 Å². The first-order valence-electron chi connectivity index (χ1n) is 5.93. The van der Waals surface area contributed by atoms with Gasteiger partial charge in [0.25, 0.3) is 0 Å². The Kier molecular flexibility index (Phi) is 3.23. The Labute approximate surface area is 106 Å². The van der Waals surface area contributed by atoms with Gasteiger partial charge in [0.15, 0.2) is 5.13 Å². The molecule has 1 aromatic heterocycles. The Morgan fingerprint density at radius 2 is 2.18 bits per heavy atom. The smallest absolute Gasteiger partial charge is 0.243 e. The lowest BCUT2D eigenvalue weighted by molar-refractivity contribution is -0.119. The Balaban J connectivity index is 2.03. The van der Waals surface area contributed by atoms with Gasteiger partial charge in [-0.25, -0.2) is 4.98 Å². The number of nitrogens with zero attached hydrogens (tertiary/aromatic N) is 1. The van der Waals surface area contributed by atoms with Crippen LogP contribution in [-0.4, -0.2) is 16.9 Å². The predicted octanol–water partition coefficient (Wildman–Crippen LogP) is 1.94. The molecule has 0 aliphatic heterocycles. The van der Waals surface area contributed by atoms with Crippen molar-refractivity contribution in [2.24, 2.45) is 11.1 Å². The van der Waals surface area contributed by atoms with E-state index in [1.54, 1.807) is 11.3 Å². The van der Waals surface area contributed by atoms with Gasteiger partial charge in [-0.1, -0.05) is 20.8 Å². The van der Waals surface area contributed by atoms with Crippen molar-refractivity contribution in [2.45, 2.75) is 46.1 Å². The van der Waals surface area contributed by atoms with Crippen LogP contribution in [0.25, 0.3) is 0 Å². The predicted molar refractivity (Wildman–Crippen MR) is 70.2 cm³/mol. The van der Waals surface area contributed by atoms with E-state index in [4.69, 9.17) is 5.73 Å². The second kappa shape index (κ2) is 4.38. The number of anilines is 1. The minimum Gasteiger partial charge on any atom is -0.319 e. The highest BCUT2D eigenvalue weighted by Gasteiger charge is 2.28. The molecule has 3 N–H and O–H groups in total. The zero-order chi connectivity index (χ0) is 12.6. The molecular weight excluding hydrogens is 234 g/mol. The Bertz CT molecular complexity index is 412. The maximum absolute atomic E-state index is 11.9. The Hall–Kier alpha value is -0.940. The molecule has 1 atom stereocenters. The summed E-state index contributed by atoms with van der Waals surface area (Å²) >= 11 is 1.58. The molecule has 1 aliphatic rings. The number of aromatic nitrogens is 1. The molecule has 1 amide bonds. The molecule has 2 rings (SSSR count). The van der Waals surface area contributed by atoms with Crippen molar-refractivity contribution in [1.82, 2.24) is 4.98 Å². The second-order valence-corrected chi connectivity index (χ2v) is 6.66. The number of thiazole rings is 1. The van der Waals surface area contributed by atoms with E-state index in [1.165, 1.54) is 11.3 Å². The molecular formula is C12H19N3OS. The molecule has 4 nitrogen and oxygen atoms in total. The zero-order valence-electron chi connectivity index (χ0n) is 10.5. The van der Waals surface area contributed by atoms with E-state index >= 15 is 0 Å². The molecule has 0 unspecified atom stereocenters. The lowest BCUT2D eigenvalue weighted by atomic mass is 9.87. The van der Waals surface area contributed by atoms with Crippen molar-refractivity contribution in [2.75, 3.05) is 5.32 Å². The van der Waals surface area contributed by atoms with E-state index in [0.717, 1.165) is 18.5 Å². The highest BCUT2D eigenvalue weighted by atomic mass is 32.1. The van der Waals surface area contributed by atoms with E-state index < -0.39 is 6.04 Å². The van der Waals surface area contributed by atoms with Crippen LogP contribution in [0.1, 0.15) is 37.8 Å². The van der Waals surface area contributed by atoms with Gasteiger partial charge in [0.2, 0.25) is 5.91 Å². The fraction of sp³-hybridized carbons (Fsp3) is 0.667. The van der Waals surface area contributed by atoms with Gasteiger partial charge in [0.05, 0.1) is 11.7 Å². The van der Waals surface area contributed by atoms with Crippen LogP contribution in [0.4, 0.5) is 5.13 Å². The summed E-state index contributed by atoms with van der Waals surface area (Å²) in [7, 11) is 0. The summed E-state index contributed by atoms with van der Waals surface area (Å²) in [6.07, 6.45) is 3.31. The van der Waals surface area contributed by atoms with Crippen molar-refractivity contribution in [3.05, 3.63) is 10.6 Å². The Morgan fingerprint density at radius 3 is 2.76 bits per heavy atom. The first kappa shape index (κ1) is 12.5. The number of carbonyl (C=O) groups excluding carboxylic acids is 1. The van der Waals surface area contributed by atoms with Crippen molar-refractivity contribution < 1.29 is 4.79 Å². The summed E-state index contributed by atoms with van der Waals surface area (Å²) < 4.78 is 0. The third-order valence-electron chi connectivity index (χ3n) is 3.04. The molecule has 5 heteroatoms. The van der Waals surface area contributed by atoms with Crippen molar-refractivity contribution in [3.63, 3.8) is 0 Å². The third kappa shape index (κ3) is 2.66. The molecule has 94 valence electrons. The van der Waals surface area contributed by atoms with Crippen LogP contribution in [-0.2, 0) is 17.6 Å². The van der Waals surface area contributed by atoms with E-state index in [2.05, 4.69) is 10.3 Å². The lowest BCUT2D eigenvalue weighted by Gasteiger charge is -2.25. The summed E-state index contributed by atoms with van der Waals surface area (Å²) in [5, 5.41) is 3.52. The zero-order valence-corrected chi connectivity index (χ0v) is 11.4. The number of nitrogens with one attached hydrogen (secondary N) is 1. The second-order valence-electron chi connectivity index (χ2n) is 5.58. The molecule has 1 heterocycles. The maximum Gasteiger partial charge on any atom is 0.243 e. The molecule has 1 aromatic rings. The monoisotopic (exact) mass is 253 g/mol. The molecule has 0 saturated heterocycles. The molecule has 0 spiro atoms. The molecule has 0 radical (unpaired) electrons. The molecule has 1 aliphatic carbocycles. The molecule has 0 saturated carbocycles. The average molecular weight is 253 g/mol. The number of carbonyl (C=O) groups is 1. The molecule has 17 heavy (non-hydrogen) atoms. The summed E-state index contributed by atoms with van der Waals surface area (Å²) in [4.78, 5) is 17.7. The molecule has 0 fully saturated rings. The SMILES string of the molecule is CC(C)(C)[C@@H](N)C(=O)Nc1nc2c(s1)CCC2. The summed E-state index contributed by atoms with van der Waals surface area (Å²) in [6.45, 7) is 5.87. The lowest BCUT2D eigenvalue weighted by Crippen LogP contribution is -2.45. The Morgan fingerprint density at radius 1 is 1.47 bits per heavy atom. The van der Waals surface area contributed by atoms with Crippen LogP contribution in [0.2, 0.25) is 0 Å². The van der Waals surface area contributed by atoms with E-state index in [9.17, 15) is 4.79 Å². The van der Waals surface area contributed by atoms with E-state index in [-0.39, 0.29) is 11.3 Å². The topological polar surface area (TPSA) is 68.0 Å². The number of hydrogen-bond acceptors (Lipinski definition) is 4. The molecule has 0 aromatic carbocycles. The number of hydrogen-bond donors (Lipinski definition) is 2. The average Bonchev–Trinajstić information content (AvgIpc) is 2.74. The summed E-state index contributed by atoms with van der Waals surface area (Å²) in [6, 6.07) is -0.513. The number of rotatable bonds is 2. The van der Waals surface area contributed by atoms with Crippen molar-refractivity contribution in [1.29, 1.82) is 0 Å². The highest BCUT2D eigenvalue weighted by Crippen LogP contribution is 2.30. The first-order chi connectivity index (χ1) is 7.88. The number of amides is 1. The van der Waals surface area contributed by atoms with Gasteiger partial charge in [-0.3, -0.25) is 4.79 Å². The summed E-state index contributed by atoms with van der Waals surface area (Å²) in [5.74, 6) is -0.148. The van der Waals surface area contributed by atoms with Crippen LogP contribution < -0.4 is 11.1 Å². The number of fused-ring (bicyclic) bond motifs is 1. The van der Waals surface area contributed by atoms with E-state index in [0.29, 0.717) is 5.13 Å². The van der Waals surface area contributed by atoms with Gasteiger partial charge in [-0.15, -0.1) is 11.3 Å².